The Hall–Kier alpha value is -5.75. The summed E-state index contributed by atoms with van der Waals surface area (Å²) in [4.78, 5) is 49.4. The van der Waals surface area contributed by atoms with Gasteiger partial charge < -0.3 is 28.4 Å². The van der Waals surface area contributed by atoms with Crippen LogP contribution in [0, 0.1) is 0 Å². The Kier molecular flexibility index (Phi) is 8.95. The first-order chi connectivity index (χ1) is 23.8. The van der Waals surface area contributed by atoms with Gasteiger partial charge in [-0.25, -0.2) is 9.97 Å². The average Bonchev–Trinajstić information content (AvgIpc) is 3.68. The van der Waals surface area contributed by atoms with Crippen molar-refractivity contribution in [2.45, 2.75) is 25.4 Å². The van der Waals surface area contributed by atoms with Gasteiger partial charge in [0.2, 0.25) is 11.8 Å². The lowest BCUT2D eigenvalue weighted by atomic mass is 10.0. The van der Waals surface area contributed by atoms with Crippen LogP contribution in [0.1, 0.15) is 28.8 Å². The largest absolute Gasteiger partial charge is 0.491 e. The zero-order valence-electron chi connectivity index (χ0n) is 27.3. The maximum atomic E-state index is 12.9. The Morgan fingerprint density at radius 3 is 2.31 bits per heavy atom. The Labute approximate surface area is 283 Å². The predicted octanol–water partition coefficient (Wildman–Crippen LogP) is 4.36. The molecule has 0 spiro atoms. The van der Waals surface area contributed by atoms with Crippen LogP contribution in [0.25, 0.3) is 28.0 Å². The molecule has 49 heavy (non-hydrogen) atoms. The van der Waals surface area contributed by atoms with Gasteiger partial charge in [0.15, 0.2) is 0 Å². The molecular formula is C37H36N6O6. The quantitative estimate of drug-likeness (QED) is 0.153. The first kappa shape index (κ1) is 31.8. The van der Waals surface area contributed by atoms with Gasteiger partial charge in [-0.15, -0.1) is 0 Å². The molecule has 2 aromatic carbocycles. The van der Waals surface area contributed by atoms with E-state index in [1.807, 2.05) is 66.3 Å². The van der Waals surface area contributed by atoms with Crippen LogP contribution >= 0.6 is 0 Å². The van der Waals surface area contributed by atoms with Gasteiger partial charge in [0.05, 0.1) is 25.1 Å². The molecule has 0 aliphatic carbocycles. The third kappa shape index (κ3) is 6.95. The van der Waals surface area contributed by atoms with E-state index in [4.69, 9.17) is 19.2 Å². The monoisotopic (exact) mass is 660 g/mol. The number of imide groups is 1. The van der Waals surface area contributed by atoms with E-state index in [0.717, 1.165) is 39.4 Å². The summed E-state index contributed by atoms with van der Waals surface area (Å²) in [5, 5.41) is 2.32. The van der Waals surface area contributed by atoms with Crippen molar-refractivity contribution in [3.63, 3.8) is 0 Å². The summed E-state index contributed by atoms with van der Waals surface area (Å²) in [6.07, 6.45) is 6.33. The molecule has 0 saturated carbocycles. The maximum Gasteiger partial charge on any atom is 0.255 e. The molecular weight excluding hydrogens is 624 g/mol. The molecule has 1 fully saturated rings. The zero-order valence-corrected chi connectivity index (χ0v) is 27.3. The number of carbonyl (C=O) groups is 3. The van der Waals surface area contributed by atoms with E-state index in [9.17, 15) is 14.4 Å². The van der Waals surface area contributed by atoms with Gasteiger partial charge in [0.1, 0.15) is 42.2 Å². The smallest absolute Gasteiger partial charge is 0.255 e. The second-order valence-corrected chi connectivity index (χ2v) is 12.2. The van der Waals surface area contributed by atoms with Crippen molar-refractivity contribution in [3.8, 4) is 33.9 Å². The van der Waals surface area contributed by atoms with Gasteiger partial charge >= 0.3 is 0 Å². The first-order valence-electron chi connectivity index (χ1n) is 16.2. The van der Waals surface area contributed by atoms with E-state index >= 15 is 0 Å². The number of nitrogens with one attached hydrogen (secondary N) is 1. The predicted molar refractivity (Wildman–Crippen MR) is 182 cm³/mol. The lowest BCUT2D eigenvalue weighted by molar-refractivity contribution is -0.136. The van der Waals surface area contributed by atoms with E-state index in [2.05, 4.69) is 40.6 Å². The van der Waals surface area contributed by atoms with Crippen molar-refractivity contribution >= 4 is 29.2 Å². The number of hydrogen-bond acceptors (Lipinski definition) is 9. The number of hydrogen-bond donors (Lipinski definition) is 1. The molecule has 2 aliphatic rings. The van der Waals surface area contributed by atoms with Gasteiger partial charge in [-0.1, -0.05) is 24.3 Å². The fraction of sp³-hybridized carbons (Fsp3) is 0.270. The summed E-state index contributed by atoms with van der Waals surface area (Å²) >= 11 is 0. The number of anilines is 1. The minimum absolute atomic E-state index is 0.210. The molecule has 0 radical (unpaired) electrons. The molecule has 5 aromatic rings. The number of carbonyl (C=O) groups excluding carboxylic acids is 3. The van der Waals surface area contributed by atoms with Crippen molar-refractivity contribution in [1.29, 1.82) is 0 Å². The number of amides is 3. The Balaban J connectivity index is 0.852. The highest BCUT2D eigenvalue weighted by Crippen LogP contribution is 2.30. The van der Waals surface area contributed by atoms with E-state index in [0.29, 0.717) is 56.5 Å². The van der Waals surface area contributed by atoms with Crippen LogP contribution < -0.4 is 19.7 Å². The Morgan fingerprint density at radius 1 is 0.837 bits per heavy atom. The van der Waals surface area contributed by atoms with Crippen LogP contribution in [0.15, 0.2) is 85.3 Å². The fourth-order valence-corrected chi connectivity index (χ4v) is 6.03. The fourth-order valence-electron chi connectivity index (χ4n) is 6.03. The molecule has 1 N–H and O–H groups in total. The molecule has 0 bridgehead atoms. The molecule has 12 nitrogen and oxygen atoms in total. The van der Waals surface area contributed by atoms with Crippen molar-refractivity contribution in [2.75, 3.05) is 45.4 Å². The number of rotatable bonds is 12. The number of aromatic nitrogens is 3. The van der Waals surface area contributed by atoms with E-state index in [1.165, 1.54) is 4.90 Å². The van der Waals surface area contributed by atoms with Crippen LogP contribution in [0.2, 0.25) is 0 Å². The van der Waals surface area contributed by atoms with Gasteiger partial charge in [-0.3, -0.25) is 19.7 Å². The molecule has 5 heterocycles. The Bertz CT molecular complexity index is 2010. The normalized spacial score (nSPS) is 15.8. The van der Waals surface area contributed by atoms with Gasteiger partial charge in [0, 0.05) is 56.1 Å². The lowest BCUT2D eigenvalue weighted by Crippen LogP contribution is -2.52. The van der Waals surface area contributed by atoms with Crippen molar-refractivity contribution in [3.05, 3.63) is 96.4 Å². The maximum absolute atomic E-state index is 12.9. The third-order valence-electron chi connectivity index (χ3n) is 8.63. The van der Waals surface area contributed by atoms with Crippen LogP contribution in [-0.2, 0) is 20.9 Å². The zero-order chi connectivity index (χ0) is 33.9. The van der Waals surface area contributed by atoms with Crippen molar-refractivity contribution in [1.82, 2.24) is 24.6 Å². The summed E-state index contributed by atoms with van der Waals surface area (Å²) in [6.45, 7) is 1.75. The van der Waals surface area contributed by atoms with Crippen molar-refractivity contribution < 1.29 is 28.6 Å². The summed E-state index contributed by atoms with van der Waals surface area (Å²) in [7, 11) is 3.95. The SMILES string of the molecule is CN(C)c1ccc(-c2ccc(-c3cn4cc(OCCOCCOc5ccc6c(c5)CN(C5CCC(=O)NC5=O)C6=O)ccc4n3)cc2)cn1. The molecule has 7 rings (SSSR count). The third-order valence-corrected chi connectivity index (χ3v) is 8.63. The number of imidazole rings is 1. The molecule has 2 aliphatic heterocycles. The number of nitrogens with zero attached hydrogens (tertiary/aromatic N) is 5. The number of ether oxygens (including phenoxy) is 3. The number of pyridine rings is 2. The first-order valence-corrected chi connectivity index (χ1v) is 16.2. The lowest BCUT2D eigenvalue weighted by Gasteiger charge is -2.29. The van der Waals surface area contributed by atoms with E-state index < -0.39 is 11.9 Å². The molecule has 3 amide bonds. The van der Waals surface area contributed by atoms with E-state index in [1.54, 1.807) is 12.1 Å². The van der Waals surface area contributed by atoms with Crippen LogP contribution in [0.3, 0.4) is 0 Å². The topological polar surface area (TPSA) is 128 Å². The number of fused-ring (bicyclic) bond motifs is 2. The second-order valence-electron chi connectivity index (χ2n) is 12.2. The minimum atomic E-state index is -0.642. The van der Waals surface area contributed by atoms with Crippen LogP contribution in [0.4, 0.5) is 5.82 Å². The van der Waals surface area contributed by atoms with E-state index in [-0.39, 0.29) is 18.2 Å². The number of piperidine rings is 1. The van der Waals surface area contributed by atoms with Gasteiger partial charge in [-0.05, 0) is 60.0 Å². The highest BCUT2D eigenvalue weighted by Gasteiger charge is 2.39. The highest BCUT2D eigenvalue weighted by molar-refractivity contribution is 6.05. The Morgan fingerprint density at radius 2 is 1.57 bits per heavy atom. The van der Waals surface area contributed by atoms with Crippen molar-refractivity contribution in [2.24, 2.45) is 0 Å². The standard InChI is InChI=1S/C37H36N6O6/c1-41(2)33-12-7-26(20-38-33)24-3-5-25(6-4-24)31-23-42-22-29(9-13-34(42)39-31)49-18-16-47-15-17-48-28-8-10-30-27(19-28)21-43(37(30)46)32-11-14-35(44)40-36(32)45/h3-10,12-13,19-20,22-23,32H,11,14-18,21H2,1-2H3,(H,40,44,45). The average molecular weight is 661 g/mol. The summed E-state index contributed by atoms with van der Waals surface area (Å²) in [5.74, 6) is 1.30. The molecule has 12 heteroatoms. The summed E-state index contributed by atoms with van der Waals surface area (Å²) in [5.41, 5.74) is 6.20. The molecule has 3 aromatic heterocycles. The number of benzene rings is 2. The molecule has 1 atom stereocenters. The molecule has 250 valence electrons. The minimum Gasteiger partial charge on any atom is -0.491 e. The van der Waals surface area contributed by atoms with Crippen LogP contribution in [0.5, 0.6) is 11.5 Å². The van der Waals surface area contributed by atoms with Gasteiger partial charge in [-0.2, -0.15) is 0 Å². The molecule has 1 unspecified atom stereocenters. The second kappa shape index (κ2) is 13.8. The van der Waals surface area contributed by atoms with Gasteiger partial charge in [0.25, 0.3) is 5.91 Å². The highest BCUT2D eigenvalue weighted by atomic mass is 16.5. The molecule has 1 saturated heterocycles. The summed E-state index contributed by atoms with van der Waals surface area (Å²) in [6, 6.07) is 20.8. The summed E-state index contributed by atoms with van der Waals surface area (Å²) < 4.78 is 19.4. The van der Waals surface area contributed by atoms with Crippen LogP contribution in [-0.4, -0.2) is 83.6 Å².